The fraction of sp³-hybridized carbons (Fsp3) is 0.583. The molecule has 1 unspecified atom stereocenters. The van der Waals surface area contributed by atoms with Crippen molar-refractivity contribution in [2.24, 2.45) is 13.0 Å². The Morgan fingerprint density at radius 3 is 2.53 bits per heavy atom. The zero-order valence-electron chi connectivity index (χ0n) is 11.6. The Labute approximate surface area is 112 Å². The second-order valence-corrected chi connectivity index (χ2v) is 4.92. The number of carbonyl (C=O) groups excluding carboxylic acids is 1. The third-order valence-corrected chi connectivity index (χ3v) is 2.57. The normalized spacial score (nSPS) is 12.3. The van der Waals surface area contributed by atoms with Gasteiger partial charge in [0.25, 0.3) is 0 Å². The van der Waals surface area contributed by atoms with Crippen LogP contribution in [0, 0.1) is 12.8 Å². The predicted octanol–water partition coefficient (Wildman–Crippen LogP) is 1.35. The number of anilines is 1. The number of carbonyl (C=O) groups is 2. The number of urea groups is 1. The number of amides is 2. The molecule has 106 valence electrons. The van der Waals surface area contributed by atoms with Crippen LogP contribution in [0.2, 0.25) is 0 Å². The molecule has 0 radical (unpaired) electrons. The molecule has 7 nitrogen and oxygen atoms in total. The summed E-state index contributed by atoms with van der Waals surface area (Å²) in [5, 5.41) is 18.2. The average molecular weight is 268 g/mol. The third-order valence-electron chi connectivity index (χ3n) is 2.57. The molecular weight excluding hydrogens is 248 g/mol. The van der Waals surface area contributed by atoms with Gasteiger partial charge in [-0.05, 0) is 19.3 Å². The highest BCUT2D eigenvalue weighted by Crippen LogP contribution is 2.11. The number of hydrogen-bond donors (Lipinski definition) is 3. The fourth-order valence-electron chi connectivity index (χ4n) is 1.73. The third kappa shape index (κ3) is 4.61. The molecule has 1 aromatic heterocycles. The first-order valence-corrected chi connectivity index (χ1v) is 6.10. The first-order chi connectivity index (χ1) is 8.79. The molecule has 1 atom stereocenters. The fourth-order valence-corrected chi connectivity index (χ4v) is 1.73. The molecule has 0 fully saturated rings. The summed E-state index contributed by atoms with van der Waals surface area (Å²) in [6, 6.07) is -1.43. The van der Waals surface area contributed by atoms with Gasteiger partial charge < -0.3 is 15.7 Å². The van der Waals surface area contributed by atoms with Crippen LogP contribution in [0.3, 0.4) is 0 Å². The van der Waals surface area contributed by atoms with Gasteiger partial charge >= 0.3 is 12.0 Å². The number of carboxylic acids is 1. The maximum atomic E-state index is 11.7. The number of aromatic nitrogens is 2. The van der Waals surface area contributed by atoms with Crippen molar-refractivity contribution in [3.8, 4) is 0 Å². The Hall–Kier alpha value is -2.05. The summed E-state index contributed by atoms with van der Waals surface area (Å²) in [6.45, 7) is 5.57. The molecule has 0 aliphatic heterocycles. The summed E-state index contributed by atoms with van der Waals surface area (Å²) in [5.41, 5.74) is 1.24. The molecule has 19 heavy (non-hydrogen) atoms. The van der Waals surface area contributed by atoms with Gasteiger partial charge in [0.1, 0.15) is 6.04 Å². The Balaban J connectivity index is 2.62. The standard InChI is InChI=1S/C12H20N4O3/c1-7(2)5-9(11(17)18)13-12(19)14-10-6-16(4)15-8(10)3/h6-7,9H,5H2,1-4H3,(H,17,18)(H2,13,14,19). The Kier molecular flexibility index (Phi) is 4.91. The van der Waals surface area contributed by atoms with E-state index in [0.717, 1.165) is 0 Å². The van der Waals surface area contributed by atoms with Crippen LogP contribution in [0.1, 0.15) is 26.0 Å². The smallest absolute Gasteiger partial charge is 0.326 e. The van der Waals surface area contributed by atoms with Crippen molar-refractivity contribution >= 4 is 17.7 Å². The van der Waals surface area contributed by atoms with Gasteiger partial charge in [0.2, 0.25) is 0 Å². The van der Waals surface area contributed by atoms with Gasteiger partial charge in [-0.2, -0.15) is 5.10 Å². The van der Waals surface area contributed by atoms with Crippen LogP contribution in [0.25, 0.3) is 0 Å². The van der Waals surface area contributed by atoms with Gasteiger partial charge in [-0.1, -0.05) is 13.8 Å². The number of hydrogen-bond acceptors (Lipinski definition) is 3. The molecule has 0 saturated heterocycles. The summed E-state index contributed by atoms with van der Waals surface area (Å²) in [6.07, 6.45) is 2.04. The summed E-state index contributed by atoms with van der Waals surface area (Å²) in [5.74, 6) is -0.853. The number of aryl methyl sites for hydroxylation is 2. The molecule has 0 aromatic carbocycles. The molecule has 1 rings (SSSR count). The molecule has 2 amide bonds. The maximum absolute atomic E-state index is 11.7. The highest BCUT2D eigenvalue weighted by molar-refractivity contribution is 5.92. The first kappa shape index (κ1) is 15.0. The number of carboxylic acid groups (broad SMARTS) is 1. The van der Waals surface area contributed by atoms with Crippen molar-refractivity contribution in [1.29, 1.82) is 0 Å². The summed E-state index contributed by atoms with van der Waals surface area (Å²) >= 11 is 0. The number of nitrogens with one attached hydrogen (secondary N) is 2. The molecule has 0 saturated carbocycles. The number of rotatable bonds is 5. The van der Waals surface area contributed by atoms with Crippen molar-refractivity contribution in [3.05, 3.63) is 11.9 Å². The molecule has 1 heterocycles. The van der Waals surface area contributed by atoms with Gasteiger partial charge in [-0.15, -0.1) is 0 Å². The lowest BCUT2D eigenvalue weighted by Gasteiger charge is -2.16. The van der Waals surface area contributed by atoms with Crippen molar-refractivity contribution in [2.75, 3.05) is 5.32 Å². The molecule has 0 aliphatic rings. The Morgan fingerprint density at radius 2 is 2.11 bits per heavy atom. The molecule has 0 bridgehead atoms. The molecular formula is C12H20N4O3. The lowest BCUT2D eigenvalue weighted by atomic mass is 10.0. The average Bonchev–Trinajstić information content (AvgIpc) is 2.55. The predicted molar refractivity (Wildman–Crippen MR) is 71.0 cm³/mol. The maximum Gasteiger partial charge on any atom is 0.326 e. The second kappa shape index (κ2) is 6.21. The van der Waals surface area contributed by atoms with Crippen LogP contribution in [-0.4, -0.2) is 32.9 Å². The molecule has 0 aliphatic carbocycles. The topological polar surface area (TPSA) is 96.3 Å². The zero-order valence-corrected chi connectivity index (χ0v) is 11.6. The highest BCUT2D eigenvalue weighted by Gasteiger charge is 2.21. The van der Waals surface area contributed by atoms with E-state index in [9.17, 15) is 9.59 Å². The van der Waals surface area contributed by atoms with Gasteiger partial charge in [0.15, 0.2) is 0 Å². The van der Waals surface area contributed by atoms with E-state index >= 15 is 0 Å². The lowest BCUT2D eigenvalue weighted by Crippen LogP contribution is -2.43. The SMILES string of the molecule is Cc1nn(C)cc1NC(=O)NC(CC(C)C)C(=O)O. The van der Waals surface area contributed by atoms with E-state index in [1.807, 2.05) is 13.8 Å². The van der Waals surface area contributed by atoms with E-state index in [0.29, 0.717) is 17.8 Å². The quantitative estimate of drug-likeness (QED) is 0.751. The Morgan fingerprint density at radius 1 is 1.47 bits per heavy atom. The van der Waals surface area contributed by atoms with Crippen LogP contribution >= 0.6 is 0 Å². The van der Waals surface area contributed by atoms with Crippen LogP contribution in [0.4, 0.5) is 10.5 Å². The van der Waals surface area contributed by atoms with E-state index in [2.05, 4.69) is 15.7 Å². The Bertz CT molecular complexity index is 468. The highest BCUT2D eigenvalue weighted by atomic mass is 16.4. The minimum Gasteiger partial charge on any atom is -0.480 e. The van der Waals surface area contributed by atoms with E-state index in [4.69, 9.17) is 5.11 Å². The van der Waals surface area contributed by atoms with Crippen molar-refractivity contribution < 1.29 is 14.7 Å². The van der Waals surface area contributed by atoms with Gasteiger partial charge in [-0.25, -0.2) is 9.59 Å². The van der Waals surface area contributed by atoms with Gasteiger partial charge in [-0.3, -0.25) is 4.68 Å². The zero-order chi connectivity index (χ0) is 14.6. The first-order valence-electron chi connectivity index (χ1n) is 6.10. The lowest BCUT2D eigenvalue weighted by molar-refractivity contribution is -0.139. The molecule has 1 aromatic rings. The minimum atomic E-state index is -1.04. The van der Waals surface area contributed by atoms with E-state index in [-0.39, 0.29) is 5.92 Å². The summed E-state index contributed by atoms with van der Waals surface area (Å²) in [4.78, 5) is 22.8. The minimum absolute atomic E-state index is 0.182. The van der Waals surface area contributed by atoms with E-state index in [1.165, 1.54) is 0 Å². The van der Waals surface area contributed by atoms with E-state index in [1.54, 1.807) is 24.9 Å². The van der Waals surface area contributed by atoms with E-state index < -0.39 is 18.0 Å². The van der Waals surface area contributed by atoms with Gasteiger partial charge in [0, 0.05) is 13.2 Å². The van der Waals surface area contributed by atoms with Crippen molar-refractivity contribution in [2.45, 2.75) is 33.2 Å². The number of aliphatic carboxylic acids is 1. The van der Waals surface area contributed by atoms with Crippen LogP contribution in [-0.2, 0) is 11.8 Å². The monoisotopic (exact) mass is 268 g/mol. The molecule has 3 N–H and O–H groups in total. The van der Waals surface area contributed by atoms with Crippen molar-refractivity contribution in [1.82, 2.24) is 15.1 Å². The second-order valence-electron chi connectivity index (χ2n) is 4.92. The molecule has 0 spiro atoms. The van der Waals surface area contributed by atoms with Crippen molar-refractivity contribution in [3.63, 3.8) is 0 Å². The summed E-state index contributed by atoms with van der Waals surface area (Å²) in [7, 11) is 1.74. The largest absolute Gasteiger partial charge is 0.480 e. The van der Waals surface area contributed by atoms with Crippen LogP contribution < -0.4 is 10.6 Å². The van der Waals surface area contributed by atoms with Crippen LogP contribution in [0.15, 0.2) is 6.20 Å². The molecule has 7 heteroatoms. The summed E-state index contributed by atoms with van der Waals surface area (Å²) < 4.78 is 1.58. The van der Waals surface area contributed by atoms with Crippen LogP contribution in [0.5, 0.6) is 0 Å². The van der Waals surface area contributed by atoms with Gasteiger partial charge in [0.05, 0.1) is 11.4 Å². The number of nitrogens with zero attached hydrogens (tertiary/aromatic N) is 2.